The highest BCUT2D eigenvalue weighted by Crippen LogP contribution is 2.42. The number of nitrogens with zero attached hydrogens (tertiary/aromatic N) is 3. The van der Waals surface area contributed by atoms with Crippen molar-refractivity contribution in [2.75, 3.05) is 10.2 Å². The highest BCUT2D eigenvalue weighted by molar-refractivity contribution is 8.05. The Morgan fingerprint density at radius 3 is 2.60 bits per heavy atom. The van der Waals surface area contributed by atoms with Crippen molar-refractivity contribution in [3.05, 3.63) is 121 Å². The lowest BCUT2D eigenvalue weighted by Gasteiger charge is -2.18. The molecule has 0 radical (unpaired) electrons. The van der Waals surface area contributed by atoms with E-state index >= 15 is 0 Å². The zero-order valence-electron chi connectivity index (χ0n) is 21.2. The number of para-hydroxylation sites is 1. The number of nitrogens with one attached hydrogen (secondary N) is 1. The Balaban J connectivity index is 1.41. The van der Waals surface area contributed by atoms with Crippen molar-refractivity contribution in [2.45, 2.75) is 25.0 Å². The summed E-state index contributed by atoms with van der Waals surface area (Å²) in [6.07, 6.45) is 2.69. The van der Waals surface area contributed by atoms with Crippen LogP contribution in [0.2, 0.25) is 10.0 Å². The second kappa shape index (κ2) is 12.3. The molecule has 2 heterocycles. The first-order valence-corrected chi connectivity index (χ1v) is 14.7. The Bertz CT molecular complexity index is 1660. The lowest BCUT2D eigenvalue weighted by atomic mass is 10.1. The van der Waals surface area contributed by atoms with Crippen molar-refractivity contribution in [3.63, 3.8) is 0 Å². The van der Waals surface area contributed by atoms with Gasteiger partial charge in [0.25, 0.3) is 5.91 Å². The van der Waals surface area contributed by atoms with Gasteiger partial charge < -0.3 is 0 Å². The Morgan fingerprint density at radius 1 is 1.07 bits per heavy atom. The molecule has 40 heavy (non-hydrogen) atoms. The molecule has 1 aliphatic rings. The lowest BCUT2D eigenvalue weighted by Crippen LogP contribution is -2.30. The molecule has 10 heteroatoms. The van der Waals surface area contributed by atoms with Crippen molar-refractivity contribution in [1.82, 2.24) is 4.98 Å². The highest BCUT2D eigenvalue weighted by Gasteiger charge is 2.41. The van der Waals surface area contributed by atoms with E-state index in [0.717, 1.165) is 21.6 Å². The summed E-state index contributed by atoms with van der Waals surface area (Å²) in [6.45, 7) is 1.92. The van der Waals surface area contributed by atoms with Gasteiger partial charge >= 0.3 is 0 Å². The zero-order chi connectivity index (χ0) is 28.2. The van der Waals surface area contributed by atoms with Gasteiger partial charge in [0.15, 0.2) is 5.13 Å². The predicted octanol–water partition coefficient (Wildman–Crippen LogP) is 7.41. The summed E-state index contributed by atoms with van der Waals surface area (Å²) < 4.78 is 0. The number of aryl methyl sites for hydroxylation is 1. The first kappa shape index (κ1) is 27.9. The SMILES string of the molecule is Cc1ccc(C[C@@H]2S/C(=C(/C#N)C(=O)Nc3ncc(Cc4cccc(Cl)c4)s3)N(c3ccccc3)C2=O)cc1Cl. The summed E-state index contributed by atoms with van der Waals surface area (Å²) in [5, 5.41) is 14.2. The number of rotatable bonds is 7. The highest BCUT2D eigenvalue weighted by atomic mass is 35.5. The second-order valence-electron chi connectivity index (χ2n) is 9.09. The van der Waals surface area contributed by atoms with E-state index in [2.05, 4.69) is 10.3 Å². The second-order valence-corrected chi connectivity index (χ2v) is 12.2. The van der Waals surface area contributed by atoms with Crippen molar-refractivity contribution in [2.24, 2.45) is 0 Å². The molecule has 4 aromatic rings. The number of aromatic nitrogens is 1. The molecule has 1 N–H and O–H groups in total. The monoisotopic (exact) mass is 604 g/mol. The van der Waals surface area contributed by atoms with E-state index in [1.165, 1.54) is 28.0 Å². The van der Waals surface area contributed by atoms with E-state index in [-0.39, 0.29) is 16.5 Å². The average molecular weight is 606 g/mol. The van der Waals surface area contributed by atoms with Crippen molar-refractivity contribution >= 4 is 68.9 Å². The van der Waals surface area contributed by atoms with Crippen LogP contribution in [0.5, 0.6) is 0 Å². The number of thioether (sulfide) groups is 1. The van der Waals surface area contributed by atoms with Crippen LogP contribution < -0.4 is 10.2 Å². The molecule has 0 aliphatic carbocycles. The third kappa shape index (κ3) is 6.24. The van der Waals surface area contributed by atoms with E-state index in [9.17, 15) is 14.9 Å². The first-order valence-electron chi connectivity index (χ1n) is 12.3. The molecule has 0 bridgehead atoms. The fourth-order valence-corrected chi connectivity index (χ4v) is 6.80. The smallest absolute Gasteiger partial charge is 0.270 e. The lowest BCUT2D eigenvalue weighted by molar-refractivity contribution is -0.117. The minimum absolute atomic E-state index is 0.154. The minimum atomic E-state index is -0.624. The quantitative estimate of drug-likeness (QED) is 0.175. The van der Waals surface area contributed by atoms with Gasteiger partial charge in [-0.2, -0.15) is 5.26 Å². The molecule has 1 aliphatic heterocycles. The number of hydrogen-bond acceptors (Lipinski definition) is 6. The van der Waals surface area contributed by atoms with Crippen LogP contribution in [0.3, 0.4) is 0 Å². The molecule has 1 aromatic heterocycles. The topological polar surface area (TPSA) is 86.1 Å². The third-order valence-corrected chi connectivity index (χ3v) is 9.04. The van der Waals surface area contributed by atoms with Crippen LogP contribution in [0.15, 0.2) is 89.6 Å². The molecule has 0 unspecified atom stereocenters. The minimum Gasteiger partial charge on any atom is -0.297 e. The number of carbonyl (C=O) groups excluding carboxylic acids is 2. The van der Waals surface area contributed by atoms with Gasteiger partial charge in [-0.15, -0.1) is 11.3 Å². The van der Waals surface area contributed by atoms with E-state index in [1.807, 2.05) is 61.5 Å². The van der Waals surface area contributed by atoms with Crippen LogP contribution >= 0.6 is 46.3 Å². The molecule has 1 saturated heterocycles. The van der Waals surface area contributed by atoms with Crippen molar-refractivity contribution in [1.29, 1.82) is 5.26 Å². The van der Waals surface area contributed by atoms with Gasteiger partial charge in [-0.25, -0.2) is 4.98 Å². The molecular formula is C30H22Cl2N4O2S2. The van der Waals surface area contributed by atoms with E-state index in [4.69, 9.17) is 23.2 Å². The van der Waals surface area contributed by atoms with Crippen LogP contribution in [-0.2, 0) is 22.4 Å². The molecule has 1 fully saturated rings. The average Bonchev–Trinajstić information content (AvgIpc) is 3.50. The molecule has 3 aromatic carbocycles. The van der Waals surface area contributed by atoms with Crippen LogP contribution in [0.25, 0.3) is 0 Å². The largest absolute Gasteiger partial charge is 0.297 e. The standard InChI is InChI=1S/C30H22Cl2N4O2S2/c1-18-10-11-20(14-25(18)32)15-26-28(38)36(22-8-3-2-4-9-22)29(40-26)24(16-33)27(37)35-30-34-17-23(39-30)13-19-6-5-7-21(31)12-19/h2-12,14,17,26H,13,15H2,1H3,(H,34,35,37)/b29-24-/t26-/m0/s1. The first-order chi connectivity index (χ1) is 19.3. The summed E-state index contributed by atoms with van der Waals surface area (Å²) in [6, 6.07) is 24.3. The van der Waals surface area contributed by atoms with Crippen molar-refractivity contribution in [3.8, 4) is 6.07 Å². The van der Waals surface area contributed by atoms with Gasteiger partial charge in [0, 0.05) is 33.2 Å². The molecule has 1 atom stereocenters. The maximum atomic E-state index is 13.7. The number of halogens is 2. The van der Waals surface area contributed by atoms with Crippen LogP contribution in [0, 0.1) is 18.3 Å². The molecule has 5 rings (SSSR count). The number of anilines is 2. The summed E-state index contributed by atoms with van der Waals surface area (Å²) in [5.74, 6) is -0.831. The summed E-state index contributed by atoms with van der Waals surface area (Å²) in [5.41, 5.74) is 3.29. The fraction of sp³-hybridized carbons (Fsp3) is 0.133. The van der Waals surface area contributed by atoms with Crippen LogP contribution in [0.4, 0.5) is 10.8 Å². The van der Waals surface area contributed by atoms with Crippen LogP contribution in [-0.4, -0.2) is 22.0 Å². The number of nitriles is 1. The molecule has 6 nitrogen and oxygen atoms in total. The normalized spacial score (nSPS) is 16.1. The molecule has 2 amide bonds. The van der Waals surface area contributed by atoms with Crippen LogP contribution in [0.1, 0.15) is 21.6 Å². The maximum absolute atomic E-state index is 13.7. The number of carbonyl (C=O) groups is 2. The van der Waals surface area contributed by atoms with Gasteiger partial charge in [0.2, 0.25) is 5.91 Å². The summed E-state index contributed by atoms with van der Waals surface area (Å²) in [7, 11) is 0. The molecule has 0 saturated carbocycles. The molecule has 0 spiro atoms. The Labute approximate surface area is 250 Å². The zero-order valence-corrected chi connectivity index (χ0v) is 24.4. The van der Waals surface area contributed by atoms with Gasteiger partial charge in [0.1, 0.15) is 16.7 Å². The van der Waals surface area contributed by atoms with Gasteiger partial charge in [-0.05, 0) is 60.4 Å². The van der Waals surface area contributed by atoms with Gasteiger partial charge in [0.05, 0.1) is 5.25 Å². The number of thiazole rings is 1. The van der Waals surface area contributed by atoms with E-state index in [1.54, 1.807) is 30.5 Å². The summed E-state index contributed by atoms with van der Waals surface area (Å²) >= 11 is 14.9. The Hall–Kier alpha value is -3.61. The Morgan fingerprint density at radius 2 is 1.88 bits per heavy atom. The predicted molar refractivity (Wildman–Crippen MR) is 163 cm³/mol. The van der Waals surface area contributed by atoms with E-state index in [0.29, 0.717) is 33.7 Å². The Kier molecular flexibility index (Phi) is 8.57. The number of amides is 2. The molecule has 200 valence electrons. The number of hydrogen-bond donors (Lipinski definition) is 1. The molecular weight excluding hydrogens is 583 g/mol. The van der Waals surface area contributed by atoms with Crippen molar-refractivity contribution < 1.29 is 9.59 Å². The van der Waals surface area contributed by atoms with Gasteiger partial charge in [-0.1, -0.05) is 77.4 Å². The fourth-order valence-electron chi connectivity index (χ4n) is 4.23. The van der Waals surface area contributed by atoms with Gasteiger partial charge in [-0.3, -0.25) is 19.8 Å². The number of benzene rings is 3. The van der Waals surface area contributed by atoms with E-state index < -0.39 is 11.2 Å². The summed E-state index contributed by atoms with van der Waals surface area (Å²) in [4.78, 5) is 33.7. The third-order valence-electron chi connectivity index (χ3n) is 6.22. The maximum Gasteiger partial charge on any atom is 0.270 e.